The number of benzene rings is 3. The molecule has 0 aliphatic rings. The Labute approximate surface area is 235 Å². The topological polar surface area (TPSA) is 58.2 Å². The summed E-state index contributed by atoms with van der Waals surface area (Å²) >= 11 is 0. The molecule has 1 radical (unpaired) electrons. The first-order chi connectivity index (χ1) is 18.1. The molecule has 0 aromatic heterocycles. The summed E-state index contributed by atoms with van der Waals surface area (Å²) < 4.78 is 1.50. The van der Waals surface area contributed by atoms with Gasteiger partial charge in [0.1, 0.15) is 0 Å². The van der Waals surface area contributed by atoms with Gasteiger partial charge in [0, 0.05) is 28.1 Å². The minimum atomic E-state index is -0.147. The number of hydrogen-bond acceptors (Lipinski definition) is 2. The molecule has 3 aromatic carbocycles. The molecule has 0 spiro atoms. The quantitative estimate of drug-likeness (QED) is 0.346. The first-order valence-electron chi connectivity index (χ1n) is 13.5. The number of aryl methyl sites for hydroxylation is 1. The fourth-order valence-corrected chi connectivity index (χ4v) is 5.16. The van der Waals surface area contributed by atoms with E-state index >= 15 is 0 Å². The van der Waals surface area contributed by atoms with Crippen LogP contribution in [0.25, 0.3) is 0 Å². The first kappa shape index (κ1) is 30.1. The van der Waals surface area contributed by atoms with Crippen LogP contribution in [0, 0.1) is 27.7 Å². The van der Waals surface area contributed by atoms with Crippen molar-refractivity contribution in [2.24, 2.45) is 0 Å². The van der Waals surface area contributed by atoms with Crippen molar-refractivity contribution >= 4 is 30.7 Å². The maximum Gasteiger partial charge on any atom is 0.791 e. The number of rotatable bonds is 9. The number of hydrogen-bond donors (Lipinski definition) is 2. The maximum atomic E-state index is 13.2. The van der Waals surface area contributed by atoms with Gasteiger partial charge in [-0.2, -0.15) is 0 Å². The van der Waals surface area contributed by atoms with Crippen LogP contribution in [0.1, 0.15) is 61.0 Å². The molecule has 3 aromatic rings. The molecule has 205 valence electrons. The fraction of sp³-hybridized carbons (Fsp3) is 0.375. The van der Waals surface area contributed by atoms with E-state index < -0.39 is 0 Å². The summed E-state index contributed by atoms with van der Waals surface area (Å²) in [5.41, 5.74) is 8.95. The highest BCUT2D eigenvalue weighted by Crippen LogP contribution is 2.35. The van der Waals surface area contributed by atoms with Crippen molar-refractivity contribution in [1.82, 2.24) is 0 Å². The van der Waals surface area contributed by atoms with Crippen molar-refractivity contribution < 1.29 is 18.4 Å². The zero-order valence-electron chi connectivity index (χ0n) is 25.3. The second-order valence-electron chi connectivity index (χ2n) is 12.1. The molecule has 7 heteroatoms. The molecule has 0 heterocycles. The van der Waals surface area contributed by atoms with Crippen LogP contribution in [0.15, 0.2) is 48.5 Å². The van der Waals surface area contributed by atoms with Crippen LogP contribution in [0.2, 0.25) is 0 Å². The minimum Gasteiger partial charge on any atom is -0.337 e. The summed E-state index contributed by atoms with van der Waals surface area (Å²) in [6.07, 6.45) is 0.933. The second-order valence-corrected chi connectivity index (χ2v) is 12.1. The van der Waals surface area contributed by atoms with Gasteiger partial charge in [0.05, 0.1) is 41.8 Å². The predicted molar refractivity (Wildman–Crippen MR) is 163 cm³/mol. The highest BCUT2D eigenvalue weighted by atomic mass is 16.2. The number of quaternary nitrogens is 2. The Bertz CT molecular complexity index is 1330. The highest BCUT2D eigenvalue weighted by Gasteiger charge is 2.36. The average Bonchev–Trinajstić information content (AvgIpc) is 2.86. The lowest BCUT2D eigenvalue weighted by atomic mass is 9.95. The van der Waals surface area contributed by atoms with E-state index in [1.165, 1.54) is 11.1 Å². The Morgan fingerprint density at radius 2 is 1.00 bits per heavy atom. The molecule has 0 bridgehead atoms. The van der Waals surface area contributed by atoms with Crippen molar-refractivity contribution in [3.63, 3.8) is 0 Å². The number of carbonyl (C=O) groups is 2. The Morgan fingerprint density at radius 3 is 1.33 bits per heavy atom. The SMILES string of the molecule is CCc1ccc(C(=O)Nc2c(C)c(C)c(NC(=O)c3ccc(C[N+](C)(C)[B][N+](C)(C)C)cc3)c(C)c2C)cc1. The van der Waals surface area contributed by atoms with E-state index in [0.717, 1.165) is 55.4 Å². The van der Waals surface area contributed by atoms with Crippen LogP contribution >= 0.6 is 0 Å². The third-order valence-corrected chi connectivity index (χ3v) is 7.19. The van der Waals surface area contributed by atoms with Crippen LogP contribution < -0.4 is 10.6 Å². The van der Waals surface area contributed by atoms with Crippen LogP contribution in [-0.4, -0.2) is 63.4 Å². The van der Waals surface area contributed by atoms with Gasteiger partial charge in [-0.05, 0) is 86.2 Å². The number of nitrogens with one attached hydrogen (secondary N) is 2. The molecule has 2 N–H and O–H groups in total. The first-order valence-corrected chi connectivity index (χ1v) is 13.5. The van der Waals surface area contributed by atoms with Crippen molar-refractivity contribution in [2.75, 3.05) is 45.9 Å². The van der Waals surface area contributed by atoms with Crippen molar-refractivity contribution in [1.29, 1.82) is 0 Å². The Kier molecular flexibility index (Phi) is 9.09. The summed E-state index contributed by atoms with van der Waals surface area (Å²) in [4.78, 5) is 26.2. The summed E-state index contributed by atoms with van der Waals surface area (Å²) in [5.74, 6) is -0.286. The third-order valence-electron chi connectivity index (χ3n) is 7.19. The molecule has 0 aliphatic carbocycles. The smallest absolute Gasteiger partial charge is 0.337 e. The molecule has 0 saturated carbocycles. The standard InChI is InChI=1S/C32H44BN4O2/c1-11-25-12-16-27(17-13-25)31(38)34-29-21(2)23(4)30(24(5)22(29)3)35-32(39)28-18-14-26(15-19-28)20-37(9,10)33-36(6,7)8/h12-19H,11,20H2,1-10H3,(H,34,38)(H,35,39)/q+2. The minimum absolute atomic E-state index is 0.139. The maximum absolute atomic E-state index is 13.2. The second kappa shape index (κ2) is 11.8. The van der Waals surface area contributed by atoms with Crippen LogP contribution in [0.3, 0.4) is 0 Å². The van der Waals surface area contributed by atoms with Crippen molar-refractivity contribution in [3.05, 3.63) is 93.0 Å². The third kappa shape index (κ3) is 7.58. The lowest BCUT2D eigenvalue weighted by molar-refractivity contribution is -0.888. The summed E-state index contributed by atoms with van der Waals surface area (Å²) in [5, 5.41) is 6.24. The fourth-order valence-electron chi connectivity index (χ4n) is 5.16. The molecule has 0 aliphatic heterocycles. The van der Waals surface area contributed by atoms with E-state index in [1.807, 2.05) is 76.2 Å². The largest absolute Gasteiger partial charge is 0.791 e. The van der Waals surface area contributed by atoms with Gasteiger partial charge in [0.25, 0.3) is 11.8 Å². The monoisotopic (exact) mass is 527 g/mol. The Morgan fingerprint density at radius 1 is 0.641 bits per heavy atom. The molecule has 0 atom stereocenters. The number of carbonyl (C=O) groups excluding carboxylic acids is 2. The lowest BCUT2D eigenvalue weighted by Gasteiger charge is -2.32. The molecule has 39 heavy (non-hydrogen) atoms. The van der Waals surface area contributed by atoms with Gasteiger partial charge in [0.2, 0.25) is 0 Å². The number of anilines is 2. The average molecular weight is 528 g/mol. The highest BCUT2D eigenvalue weighted by molar-refractivity contribution is 6.16. The summed E-state index contributed by atoms with van der Waals surface area (Å²) in [6.45, 7) is 10.9. The molecule has 0 unspecified atom stereocenters. The predicted octanol–water partition coefficient (Wildman–Crippen LogP) is 5.80. The zero-order chi connectivity index (χ0) is 29.1. The van der Waals surface area contributed by atoms with Crippen molar-refractivity contribution in [2.45, 2.75) is 47.6 Å². The Balaban J connectivity index is 1.78. The van der Waals surface area contributed by atoms with Gasteiger partial charge >= 0.3 is 7.55 Å². The zero-order valence-corrected chi connectivity index (χ0v) is 25.3. The van der Waals surface area contributed by atoms with Gasteiger partial charge in [0.15, 0.2) is 0 Å². The normalized spacial score (nSPS) is 11.7. The van der Waals surface area contributed by atoms with Gasteiger partial charge in [-0.3, -0.25) is 9.59 Å². The molecular weight excluding hydrogens is 483 g/mol. The van der Waals surface area contributed by atoms with Crippen molar-refractivity contribution in [3.8, 4) is 0 Å². The van der Waals surface area contributed by atoms with E-state index in [9.17, 15) is 9.59 Å². The summed E-state index contributed by atoms with van der Waals surface area (Å²) in [6, 6.07) is 15.5. The van der Waals surface area contributed by atoms with Gasteiger partial charge in [-0.25, -0.2) is 0 Å². The van der Waals surface area contributed by atoms with Crippen LogP contribution in [-0.2, 0) is 13.0 Å². The molecule has 3 rings (SSSR count). The van der Waals surface area contributed by atoms with Gasteiger partial charge in [-0.1, -0.05) is 31.2 Å². The molecule has 0 saturated heterocycles. The van der Waals surface area contributed by atoms with Crippen LogP contribution in [0.5, 0.6) is 0 Å². The van der Waals surface area contributed by atoms with E-state index in [0.29, 0.717) is 11.1 Å². The molecule has 6 nitrogen and oxygen atoms in total. The van der Waals surface area contributed by atoms with Gasteiger partial charge < -0.3 is 19.4 Å². The lowest BCUT2D eigenvalue weighted by Crippen LogP contribution is -2.56. The Hall–Kier alpha value is -3.42. The number of nitrogens with zero attached hydrogens (tertiary/aromatic N) is 2. The van der Waals surface area contributed by atoms with E-state index in [-0.39, 0.29) is 11.8 Å². The number of amides is 2. The van der Waals surface area contributed by atoms with E-state index in [2.05, 4.69) is 60.3 Å². The molecular formula is C32H44BN4O2+2. The van der Waals surface area contributed by atoms with E-state index in [4.69, 9.17) is 0 Å². The summed E-state index contributed by atoms with van der Waals surface area (Å²) in [7, 11) is 13.1. The molecule has 2 amide bonds. The molecule has 0 fully saturated rings. The van der Waals surface area contributed by atoms with Crippen LogP contribution in [0.4, 0.5) is 11.4 Å². The van der Waals surface area contributed by atoms with E-state index in [1.54, 1.807) is 0 Å². The van der Waals surface area contributed by atoms with Gasteiger partial charge in [-0.15, -0.1) is 0 Å².